The van der Waals surface area contributed by atoms with Crippen LogP contribution in [0.3, 0.4) is 0 Å². The number of likely N-dealkylation sites (tertiary alicyclic amines) is 1. The quantitative estimate of drug-likeness (QED) is 0.887. The van der Waals surface area contributed by atoms with E-state index in [0.29, 0.717) is 5.75 Å². The molecule has 0 bridgehead atoms. The van der Waals surface area contributed by atoms with Gasteiger partial charge in [-0.1, -0.05) is 5.16 Å². The molecule has 0 spiro atoms. The zero-order valence-electron chi connectivity index (χ0n) is 11.4. The van der Waals surface area contributed by atoms with Crippen molar-refractivity contribution in [2.75, 3.05) is 18.9 Å². The van der Waals surface area contributed by atoms with Gasteiger partial charge in [-0.15, -0.1) is 11.8 Å². The standard InChI is InChI=1S/C13H20N2O3S/c1-9-12(10(2)18-14-9)7-19-8-13(17)15-5-3-4-11(15)6-16/h11,16H,3-8H2,1-2H3. The Bertz CT molecular complexity index is 428. The van der Waals surface area contributed by atoms with Gasteiger partial charge in [-0.2, -0.15) is 0 Å². The van der Waals surface area contributed by atoms with Crippen LogP contribution in [0.2, 0.25) is 0 Å². The van der Waals surface area contributed by atoms with Crippen LogP contribution in [0.5, 0.6) is 0 Å². The predicted octanol–water partition coefficient (Wildman–Crippen LogP) is 1.51. The lowest BCUT2D eigenvalue weighted by Crippen LogP contribution is -2.38. The van der Waals surface area contributed by atoms with E-state index in [9.17, 15) is 9.90 Å². The number of aryl methyl sites for hydroxylation is 2. The summed E-state index contributed by atoms with van der Waals surface area (Å²) in [5, 5.41) is 13.1. The first kappa shape index (κ1) is 14.4. The molecule has 1 unspecified atom stereocenters. The highest BCUT2D eigenvalue weighted by atomic mass is 32.2. The maximum absolute atomic E-state index is 12.1. The Labute approximate surface area is 117 Å². The number of rotatable bonds is 5. The van der Waals surface area contributed by atoms with E-state index in [1.807, 2.05) is 13.8 Å². The van der Waals surface area contributed by atoms with E-state index in [4.69, 9.17) is 4.52 Å². The van der Waals surface area contributed by atoms with Crippen LogP contribution in [0.25, 0.3) is 0 Å². The highest BCUT2D eigenvalue weighted by Gasteiger charge is 2.27. The van der Waals surface area contributed by atoms with Crippen LogP contribution in [-0.2, 0) is 10.5 Å². The van der Waals surface area contributed by atoms with E-state index in [0.717, 1.165) is 42.2 Å². The molecule has 1 aliphatic rings. The zero-order valence-corrected chi connectivity index (χ0v) is 12.2. The Morgan fingerprint density at radius 1 is 1.58 bits per heavy atom. The van der Waals surface area contributed by atoms with E-state index in [2.05, 4.69) is 5.16 Å². The fraction of sp³-hybridized carbons (Fsp3) is 0.692. The number of aliphatic hydroxyl groups is 1. The van der Waals surface area contributed by atoms with E-state index >= 15 is 0 Å². The Kier molecular flexibility index (Phi) is 4.87. The number of amides is 1. The van der Waals surface area contributed by atoms with E-state index in [1.54, 1.807) is 16.7 Å². The van der Waals surface area contributed by atoms with Crippen LogP contribution >= 0.6 is 11.8 Å². The minimum atomic E-state index is 0.0205. The van der Waals surface area contributed by atoms with E-state index in [-0.39, 0.29) is 18.6 Å². The van der Waals surface area contributed by atoms with Gasteiger partial charge in [0, 0.05) is 17.9 Å². The number of hydrogen-bond acceptors (Lipinski definition) is 5. The maximum atomic E-state index is 12.1. The van der Waals surface area contributed by atoms with Crippen LogP contribution in [0.4, 0.5) is 0 Å². The largest absolute Gasteiger partial charge is 0.394 e. The second-order valence-corrected chi connectivity index (χ2v) is 5.85. The number of aliphatic hydroxyl groups excluding tert-OH is 1. The SMILES string of the molecule is Cc1noc(C)c1CSCC(=O)N1CCCC1CO. The highest BCUT2D eigenvalue weighted by Crippen LogP contribution is 2.22. The molecule has 0 aromatic carbocycles. The summed E-state index contributed by atoms with van der Waals surface area (Å²) in [7, 11) is 0. The molecule has 1 atom stereocenters. The monoisotopic (exact) mass is 284 g/mol. The second-order valence-electron chi connectivity index (χ2n) is 4.86. The van der Waals surface area contributed by atoms with Crippen LogP contribution < -0.4 is 0 Å². The van der Waals surface area contributed by atoms with Gasteiger partial charge in [-0.25, -0.2) is 0 Å². The minimum Gasteiger partial charge on any atom is -0.394 e. The topological polar surface area (TPSA) is 66.6 Å². The third-order valence-corrected chi connectivity index (χ3v) is 4.51. The lowest BCUT2D eigenvalue weighted by atomic mass is 10.2. The summed E-state index contributed by atoms with van der Waals surface area (Å²) >= 11 is 1.57. The number of carbonyl (C=O) groups excluding carboxylic acids is 1. The van der Waals surface area contributed by atoms with Gasteiger partial charge in [-0.3, -0.25) is 4.79 Å². The van der Waals surface area contributed by atoms with Crippen LogP contribution in [-0.4, -0.2) is 46.0 Å². The molecular formula is C13H20N2O3S. The first-order valence-electron chi connectivity index (χ1n) is 6.53. The maximum Gasteiger partial charge on any atom is 0.232 e. The average molecular weight is 284 g/mol. The third kappa shape index (κ3) is 3.30. The van der Waals surface area contributed by atoms with E-state index in [1.165, 1.54) is 0 Å². The van der Waals surface area contributed by atoms with Gasteiger partial charge < -0.3 is 14.5 Å². The Morgan fingerprint density at radius 3 is 3.00 bits per heavy atom. The molecular weight excluding hydrogens is 264 g/mol. The summed E-state index contributed by atoms with van der Waals surface area (Å²) in [4.78, 5) is 13.9. The fourth-order valence-corrected chi connectivity index (χ4v) is 3.44. The molecule has 106 valence electrons. The first-order chi connectivity index (χ1) is 9.13. The second kappa shape index (κ2) is 6.43. The van der Waals surface area contributed by atoms with Crippen molar-refractivity contribution in [3.63, 3.8) is 0 Å². The average Bonchev–Trinajstić information content (AvgIpc) is 2.99. The van der Waals surface area contributed by atoms with E-state index < -0.39 is 0 Å². The lowest BCUT2D eigenvalue weighted by molar-refractivity contribution is -0.129. The minimum absolute atomic E-state index is 0.0205. The molecule has 1 aromatic heterocycles. The molecule has 5 nitrogen and oxygen atoms in total. The van der Waals surface area contributed by atoms with Gasteiger partial charge >= 0.3 is 0 Å². The van der Waals surface area contributed by atoms with Gasteiger partial charge in [0.1, 0.15) is 5.76 Å². The lowest BCUT2D eigenvalue weighted by Gasteiger charge is -2.22. The van der Waals surface area contributed by atoms with Crippen molar-refractivity contribution >= 4 is 17.7 Å². The van der Waals surface area contributed by atoms with Crippen molar-refractivity contribution in [1.82, 2.24) is 10.1 Å². The third-order valence-electron chi connectivity index (χ3n) is 3.56. The summed E-state index contributed by atoms with van der Waals surface area (Å²) in [6.07, 6.45) is 1.91. The van der Waals surface area contributed by atoms with Crippen molar-refractivity contribution in [2.45, 2.75) is 38.5 Å². The molecule has 1 N–H and O–H groups in total. The van der Waals surface area contributed by atoms with Gasteiger partial charge in [0.25, 0.3) is 0 Å². The number of carbonyl (C=O) groups is 1. The van der Waals surface area contributed by atoms with Crippen LogP contribution in [0.1, 0.15) is 29.9 Å². The molecule has 1 aliphatic heterocycles. The summed E-state index contributed by atoms with van der Waals surface area (Å²) in [6.45, 7) is 4.65. The van der Waals surface area contributed by atoms with Gasteiger partial charge in [0.2, 0.25) is 5.91 Å². The summed E-state index contributed by atoms with van der Waals surface area (Å²) in [6, 6.07) is 0.0205. The Morgan fingerprint density at radius 2 is 2.37 bits per heavy atom. The van der Waals surface area contributed by atoms with Crippen molar-refractivity contribution in [1.29, 1.82) is 0 Å². The summed E-state index contributed by atoms with van der Waals surface area (Å²) in [5.74, 6) is 2.13. The van der Waals surface area contributed by atoms with Crippen molar-refractivity contribution < 1.29 is 14.4 Å². The predicted molar refractivity (Wildman–Crippen MR) is 74.0 cm³/mol. The normalized spacial score (nSPS) is 19.1. The number of aromatic nitrogens is 1. The van der Waals surface area contributed by atoms with Crippen molar-refractivity contribution in [2.24, 2.45) is 0 Å². The van der Waals surface area contributed by atoms with Crippen LogP contribution in [0.15, 0.2) is 4.52 Å². The van der Waals surface area contributed by atoms with Gasteiger partial charge in [-0.05, 0) is 26.7 Å². The molecule has 1 saturated heterocycles. The first-order valence-corrected chi connectivity index (χ1v) is 7.68. The van der Waals surface area contributed by atoms with Crippen LogP contribution in [0, 0.1) is 13.8 Å². The molecule has 0 saturated carbocycles. The highest BCUT2D eigenvalue weighted by molar-refractivity contribution is 7.99. The molecule has 0 radical (unpaired) electrons. The van der Waals surface area contributed by atoms with Gasteiger partial charge in [0.05, 0.1) is 24.1 Å². The fourth-order valence-electron chi connectivity index (χ4n) is 2.39. The molecule has 19 heavy (non-hydrogen) atoms. The number of hydrogen-bond donors (Lipinski definition) is 1. The summed E-state index contributed by atoms with van der Waals surface area (Å²) < 4.78 is 5.10. The molecule has 1 fully saturated rings. The molecule has 1 amide bonds. The molecule has 0 aliphatic carbocycles. The molecule has 6 heteroatoms. The molecule has 1 aromatic rings. The zero-order chi connectivity index (χ0) is 13.8. The molecule has 2 heterocycles. The van der Waals surface area contributed by atoms with Crippen molar-refractivity contribution in [3.8, 4) is 0 Å². The number of nitrogens with zero attached hydrogens (tertiary/aromatic N) is 2. The smallest absolute Gasteiger partial charge is 0.232 e. The van der Waals surface area contributed by atoms with Gasteiger partial charge in [0.15, 0.2) is 0 Å². The molecule has 2 rings (SSSR count). The number of thioether (sulfide) groups is 1. The Balaban J connectivity index is 1.81. The van der Waals surface area contributed by atoms with Crippen molar-refractivity contribution in [3.05, 3.63) is 17.0 Å². The Hall–Kier alpha value is -1.01. The summed E-state index contributed by atoms with van der Waals surface area (Å²) in [5.41, 5.74) is 1.98.